The summed E-state index contributed by atoms with van der Waals surface area (Å²) >= 11 is 0. The lowest BCUT2D eigenvalue weighted by molar-refractivity contribution is -0.164. The minimum absolute atomic E-state index is 0.131. The van der Waals surface area contributed by atoms with Crippen LogP contribution in [0.5, 0.6) is 0 Å². The molecule has 0 bridgehead atoms. The molecule has 3 nitrogen and oxygen atoms in total. The van der Waals surface area contributed by atoms with Crippen molar-refractivity contribution in [1.29, 1.82) is 0 Å². The molecule has 0 rings (SSSR count). The lowest BCUT2D eigenvalue weighted by Gasteiger charge is -2.24. The fourth-order valence-corrected chi connectivity index (χ4v) is 1.46. The number of unbranched alkanes of at least 4 members (excludes halogenated alkanes) is 2. The summed E-state index contributed by atoms with van der Waals surface area (Å²) in [6.07, 6.45) is 6.53. The second kappa shape index (κ2) is 8.11. The number of esters is 1. The average Bonchev–Trinajstić information content (AvgIpc) is 2.26. The van der Waals surface area contributed by atoms with Gasteiger partial charge in [-0.05, 0) is 12.8 Å². The molecule has 3 heteroatoms. The largest absolute Gasteiger partial charge is 0.459 e. The van der Waals surface area contributed by atoms with Crippen LogP contribution in [0.25, 0.3) is 0 Å². The minimum atomic E-state index is -1.42. The van der Waals surface area contributed by atoms with Crippen molar-refractivity contribution in [2.75, 3.05) is 6.61 Å². The van der Waals surface area contributed by atoms with Crippen LogP contribution in [0, 0.1) is 0 Å². The van der Waals surface area contributed by atoms with E-state index in [1.807, 2.05) is 0 Å². The Morgan fingerprint density at radius 1 is 1.38 bits per heavy atom. The van der Waals surface area contributed by atoms with Crippen LogP contribution < -0.4 is 0 Å². The lowest BCUT2D eigenvalue weighted by Crippen LogP contribution is -2.39. The van der Waals surface area contributed by atoms with E-state index in [4.69, 9.17) is 4.74 Å². The third-order valence-electron chi connectivity index (χ3n) is 2.39. The smallest absolute Gasteiger partial charge is 0.338 e. The van der Waals surface area contributed by atoms with Gasteiger partial charge < -0.3 is 9.84 Å². The van der Waals surface area contributed by atoms with Crippen LogP contribution in [-0.4, -0.2) is 23.3 Å². The van der Waals surface area contributed by atoms with E-state index in [1.54, 1.807) is 6.08 Å². The fraction of sp³-hybridized carbons (Fsp3) is 0.615. The van der Waals surface area contributed by atoms with Crippen LogP contribution in [0.3, 0.4) is 0 Å². The predicted molar refractivity (Wildman–Crippen MR) is 65.1 cm³/mol. The average molecular weight is 226 g/mol. The van der Waals surface area contributed by atoms with E-state index in [0.29, 0.717) is 6.42 Å². The van der Waals surface area contributed by atoms with Crippen molar-refractivity contribution in [1.82, 2.24) is 0 Å². The van der Waals surface area contributed by atoms with Crippen LogP contribution in [-0.2, 0) is 9.53 Å². The van der Waals surface area contributed by atoms with Gasteiger partial charge in [-0.15, -0.1) is 6.58 Å². The first kappa shape index (κ1) is 14.9. The molecule has 0 radical (unpaired) electrons. The highest BCUT2D eigenvalue weighted by Gasteiger charge is 2.35. The number of hydrogen-bond donors (Lipinski definition) is 1. The van der Waals surface area contributed by atoms with E-state index < -0.39 is 11.6 Å². The summed E-state index contributed by atoms with van der Waals surface area (Å²) in [4.78, 5) is 11.6. The molecule has 0 spiro atoms. The molecule has 1 atom stereocenters. The molecule has 0 amide bonds. The maximum atomic E-state index is 11.6. The first-order valence-corrected chi connectivity index (χ1v) is 5.72. The first-order valence-electron chi connectivity index (χ1n) is 5.72. The second-order valence-corrected chi connectivity index (χ2v) is 3.87. The van der Waals surface area contributed by atoms with Crippen molar-refractivity contribution in [3.05, 3.63) is 25.3 Å². The molecule has 0 aromatic heterocycles. The summed E-state index contributed by atoms with van der Waals surface area (Å²) in [5, 5.41) is 10.2. The van der Waals surface area contributed by atoms with Crippen LogP contribution in [0.2, 0.25) is 0 Å². The molecule has 0 fully saturated rings. The second-order valence-electron chi connectivity index (χ2n) is 3.87. The van der Waals surface area contributed by atoms with E-state index in [0.717, 1.165) is 19.3 Å². The highest BCUT2D eigenvalue weighted by Crippen LogP contribution is 2.21. The number of ether oxygens (including phenoxy) is 1. The molecule has 92 valence electrons. The maximum Gasteiger partial charge on any atom is 0.338 e. The molecular formula is C13H22O3. The number of carbonyl (C=O) groups excluding carboxylic acids is 1. The first-order chi connectivity index (χ1) is 7.60. The Bertz CT molecular complexity index is 235. The molecule has 0 aliphatic heterocycles. The van der Waals surface area contributed by atoms with Crippen LogP contribution >= 0.6 is 0 Å². The SMILES string of the molecule is C=CCOC(=O)C(O)(CC=C)CCCCC. The van der Waals surface area contributed by atoms with Crippen molar-refractivity contribution in [3.63, 3.8) is 0 Å². The van der Waals surface area contributed by atoms with E-state index in [-0.39, 0.29) is 13.0 Å². The minimum Gasteiger partial charge on any atom is -0.459 e. The summed E-state index contributed by atoms with van der Waals surface area (Å²) in [6, 6.07) is 0. The summed E-state index contributed by atoms with van der Waals surface area (Å²) in [5.74, 6) is -0.580. The lowest BCUT2D eigenvalue weighted by atomic mass is 9.92. The van der Waals surface area contributed by atoms with Gasteiger partial charge >= 0.3 is 5.97 Å². The Kier molecular flexibility index (Phi) is 7.56. The van der Waals surface area contributed by atoms with Crippen LogP contribution in [0.1, 0.15) is 39.0 Å². The highest BCUT2D eigenvalue weighted by molar-refractivity contribution is 5.79. The van der Waals surface area contributed by atoms with Crippen molar-refractivity contribution in [2.24, 2.45) is 0 Å². The zero-order valence-electron chi connectivity index (χ0n) is 10.1. The van der Waals surface area contributed by atoms with Gasteiger partial charge in [-0.3, -0.25) is 0 Å². The summed E-state index contributed by atoms with van der Waals surface area (Å²) < 4.78 is 4.88. The Morgan fingerprint density at radius 3 is 2.56 bits per heavy atom. The number of hydrogen-bond acceptors (Lipinski definition) is 3. The zero-order valence-corrected chi connectivity index (χ0v) is 10.1. The Balaban J connectivity index is 4.33. The quantitative estimate of drug-likeness (QED) is 0.373. The van der Waals surface area contributed by atoms with Crippen LogP contribution in [0.4, 0.5) is 0 Å². The van der Waals surface area contributed by atoms with Gasteiger partial charge in [-0.1, -0.05) is 38.5 Å². The van der Waals surface area contributed by atoms with E-state index in [1.165, 1.54) is 6.08 Å². The number of carbonyl (C=O) groups is 1. The van der Waals surface area contributed by atoms with Crippen molar-refractivity contribution in [2.45, 2.75) is 44.6 Å². The van der Waals surface area contributed by atoms with Gasteiger partial charge in [0.25, 0.3) is 0 Å². The predicted octanol–water partition coefficient (Wildman–Crippen LogP) is 2.60. The standard InChI is InChI=1S/C13H22O3/c1-4-7-8-10-13(15,9-5-2)12(14)16-11-6-3/h5-6,15H,2-4,7-11H2,1H3. The van der Waals surface area contributed by atoms with Gasteiger partial charge in [0.2, 0.25) is 0 Å². The molecule has 0 aliphatic rings. The molecule has 1 N–H and O–H groups in total. The Hall–Kier alpha value is -1.09. The monoisotopic (exact) mass is 226 g/mol. The van der Waals surface area contributed by atoms with Gasteiger partial charge in [0.05, 0.1) is 0 Å². The summed E-state index contributed by atoms with van der Waals surface area (Å²) in [6.45, 7) is 9.21. The third-order valence-corrected chi connectivity index (χ3v) is 2.39. The molecule has 0 aromatic rings. The maximum absolute atomic E-state index is 11.6. The van der Waals surface area contributed by atoms with Gasteiger partial charge in [-0.2, -0.15) is 0 Å². The van der Waals surface area contributed by atoms with E-state index >= 15 is 0 Å². The van der Waals surface area contributed by atoms with Gasteiger partial charge in [-0.25, -0.2) is 4.79 Å². The molecular weight excluding hydrogens is 204 g/mol. The number of rotatable bonds is 9. The van der Waals surface area contributed by atoms with E-state index in [9.17, 15) is 9.90 Å². The zero-order chi connectivity index (χ0) is 12.4. The molecule has 0 saturated heterocycles. The topological polar surface area (TPSA) is 46.5 Å². The van der Waals surface area contributed by atoms with Crippen molar-refractivity contribution in [3.8, 4) is 0 Å². The van der Waals surface area contributed by atoms with Crippen LogP contribution in [0.15, 0.2) is 25.3 Å². The highest BCUT2D eigenvalue weighted by atomic mass is 16.5. The van der Waals surface area contributed by atoms with Gasteiger partial charge in [0.1, 0.15) is 6.61 Å². The summed E-state index contributed by atoms with van der Waals surface area (Å²) in [7, 11) is 0. The van der Waals surface area contributed by atoms with Crippen molar-refractivity contribution >= 4 is 5.97 Å². The number of aliphatic hydroxyl groups is 1. The fourth-order valence-electron chi connectivity index (χ4n) is 1.46. The van der Waals surface area contributed by atoms with E-state index in [2.05, 4.69) is 20.1 Å². The molecule has 0 heterocycles. The molecule has 0 aromatic carbocycles. The molecule has 0 aliphatic carbocycles. The van der Waals surface area contributed by atoms with Gasteiger partial charge in [0.15, 0.2) is 5.60 Å². The van der Waals surface area contributed by atoms with Crippen molar-refractivity contribution < 1.29 is 14.6 Å². The Labute approximate surface area is 97.8 Å². The molecule has 16 heavy (non-hydrogen) atoms. The third kappa shape index (κ3) is 5.12. The molecule has 1 unspecified atom stereocenters. The summed E-state index contributed by atoms with van der Waals surface area (Å²) in [5.41, 5.74) is -1.42. The normalized spacial score (nSPS) is 13.9. The van der Waals surface area contributed by atoms with Gasteiger partial charge in [0, 0.05) is 6.42 Å². The Morgan fingerprint density at radius 2 is 2.06 bits per heavy atom. The molecule has 0 saturated carbocycles.